The van der Waals surface area contributed by atoms with Crippen molar-refractivity contribution in [2.75, 3.05) is 64.9 Å². The number of hydrogen-bond donors (Lipinski definition) is 2. The molecule has 0 aliphatic carbocycles. The molecule has 1 saturated heterocycles. The standard InChI is InChI=1S/C28H34Cl2N6O4/c1-16-18(14-33-36(16)6-8-37-2)13-32-28-20-10-24(34-19-5-7-40-15-19)31-12-17(20)9-21(35-28)25-26(29)22(38-3)11-23(39-4)27(25)30/h9-12,14,16,18-19H,5-8,13,15H2,1-4H3,(H,31,34)(H,32,35). The second kappa shape index (κ2) is 12.6. The van der Waals surface area contributed by atoms with Gasteiger partial charge in [0.15, 0.2) is 0 Å². The second-order valence-corrected chi connectivity index (χ2v) is 10.6. The fourth-order valence-corrected chi connectivity index (χ4v) is 5.66. The molecule has 10 nitrogen and oxygen atoms in total. The van der Waals surface area contributed by atoms with Crippen molar-refractivity contribution in [3.8, 4) is 22.8 Å². The minimum atomic E-state index is 0.177. The summed E-state index contributed by atoms with van der Waals surface area (Å²) >= 11 is 13.5. The lowest BCUT2D eigenvalue weighted by molar-refractivity contribution is 0.129. The van der Waals surface area contributed by atoms with Crippen LogP contribution in [0.15, 0.2) is 29.5 Å². The Bertz CT molecular complexity index is 1360. The molecule has 12 heteroatoms. The van der Waals surface area contributed by atoms with Gasteiger partial charge < -0.3 is 29.6 Å². The summed E-state index contributed by atoms with van der Waals surface area (Å²) in [6.07, 6.45) is 4.75. The Morgan fingerprint density at radius 3 is 2.55 bits per heavy atom. The maximum atomic E-state index is 6.76. The van der Waals surface area contributed by atoms with Crippen molar-refractivity contribution in [3.63, 3.8) is 0 Å². The Balaban J connectivity index is 1.53. The molecule has 0 amide bonds. The Morgan fingerprint density at radius 2 is 1.88 bits per heavy atom. The molecule has 0 radical (unpaired) electrons. The summed E-state index contributed by atoms with van der Waals surface area (Å²) in [5, 5.41) is 16.2. The zero-order valence-corrected chi connectivity index (χ0v) is 24.6. The average Bonchev–Trinajstić information content (AvgIpc) is 3.60. The number of aromatic nitrogens is 2. The molecule has 5 rings (SSSR count). The summed E-state index contributed by atoms with van der Waals surface area (Å²) in [4.78, 5) is 9.69. The molecule has 3 aromatic rings. The number of anilines is 2. The van der Waals surface area contributed by atoms with Crippen molar-refractivity contribution in [2.45, 2.75) is 25.4 Å². The van der Waals surface area contributed by atoms with E-state index in [1.165, 1.54) is 0 Å². The van der Waals surface area contributed by atoms with Crippen molar-refractivity contribution in [1.82, 2.24) is 15.0 Å². The zero-order chi connectivity index (χ0) is 28.2. The van der Waals surface area contributed by atoms with Gasteiger partial charge in [-0.05, 0) is 25.5 Å². The summed E-state index contributed by atoms with van der Waals surface area (Å²) in [6.45, 7) is 5.56. The number of rotatable bonds is 11. The molecule has 1 fully saturated rings. The van der Waals surface area contributed by atoms with Crippen LogP contribution in [0, 0.1) is 5.92 Å². The van der Waals surface area contributed by atoms with Crippen LogP contribution in [0.2, 0.25) is 10.0 Å². The number of nitrogens with zero attached hydrogens (tertiary/aromatic N) is 4. The van der Waals surface area contributed by atoms with Gasteiger partial charge in [0.05, 0.1) is 61.8 Å². The summed E-state index contributed by atoms with van der Waals surface area (Å²) in [5.74, 6) is 2.51. The second-order valence-electron chi connectivity index (χ2n) is 9.84. The topological polar surface area (TPSA) is 102 Å². The predicted octanol–water partition coefficient (Wildman–Crippen LogP) is 5.19. The van der Waals surface area contributed by atoms with Crippen molar-refractivity contribution in [2.24, 2.45) is 11.0 Å². The Hall–Kier alpha value is -3.05. The molecular formula is C28H34Cl2N6O4. The first-order chi connectivity index (χ1) is 19.4. The quantitative estimate of drug-likeness (QED) is 0.313. The molecular weight excluding hydrogens is 555 g/mol. The molecule has 0 bridgehead atoms. The lowest BCUT2D eigenvalue weighted by atomic mass is 10.0. The number of halogens is 2. The van der Waals surface area contributed by atoms with E-state index in [0.717, 1.165) is 36.2 Å². The monoisotopic (exact) mass is 588 g/mol. The van der Waals surface area contributed by atoms with Crippen LogP contribution < -0.4 is 20.1 Å². The lowest BCUT2D eigenvalue weighted by Crippen LogP contribution is -2.34. The molecule has 4 heterocycles. The van der Waals surface area contributed by atoms with E-state index < -0.39 is 0 Å². The fraction of sp³-hybridized carbons (Fsp3) is 0.464. The van der Waals surface area contributed by atoms with E-state index in [2.05, 4.69) is 32.7 Å². The molecule has 3 unspecified atom stereocenters. The van der Waals surface area contributed by atoms with Gasteiger partial charge in [0.1, 0.15) is 23.1 Å². The number of benzene rings is 1. The third-order valence-corrected chi connectivity index (χ3v) is 8.10. The first-order valence-corrected chi connectivity index (χ1v) is 14.0. The van der Waals surface area contributed by atoms with Gasteiger partial charge in [0.25, 0.3) is 0 Å². The van der Waals surface area contributed by atoms with Crippen LogP contribution in [-0.4, -0.2) is 87.5 Å². The minimum absolute atomic E-state index is 0.177. The summed E-state index contributed by atoms with van der Waals surface area (Å²) in [6, 6.07) is 6.04. The number of hydrazone groups is 1. The molecule has 214 valence electrons. The Morgan fingerprint density at radius 1 is 1.10 bits per heavy atom. The number of hydrogen-bond acceptors (Lipinski definition) is 10. The highest BCUT2D eigenvalue weighted by atomic mass is 35.5. The number of nitrogens with one attached hydrogen (secondary N) is 2. The molecule has 40 heavy (non-hydrogen) atoms. The maximum Gasteiger partial charge on any atom is 0.141 e. The van der Waals surface area contributed by atoms with E-state index in [-0.39, 0.29) is 18.0 Å². The van der Waals surface area contributed by atoms with E-state index in [9.17, 15) is 0 Å². The highest BCUT2D eigenvalue weighted by Crippen LogP contribution is 2.46. The van der Waals surface area contributed by atoms with Crippen molar-refractivity contribution in [1.29, 1.82) is 0 Å². The molecule has 2 aliphatic heterocycles. The minimum Gasteiger partial charge on any atom is -0.495 e. The average molecular weight is 590 g/mol. The molecule has 2 aromatic heterocycles. The normalized spacial score (nSPS) is 20.4. The Labute approximate surface area is 243 Å². The van der Waals surface area contributed by atoms with Gasteiger partial charge in [0, 0.05) is 61.0 Å². The molecule has 2 N–H and O–H groups in total. The number of pyridine rings is 2. The van der Waals surface area contributed by atoms with E-state index in [1.54, 1.807) is 27.4 Å². The van der Waals surface area contributed by atoms with Crippen LogP contribution in [0.3, 0.4) is 0 Å². The van der Waals surface area contributed by atoms with E-state index in [0.29, 0.717) is 58.4 Å². The first-order valence-electron chi connectivity index (χ1n) is 13.2. The zero-order valence-electron chi connectivity index (χ0n) is 23.0. The molecule has 2 aliphatic rings. The van der Waals surface area contributed by atoms with Gasteiger partial charge in [-0.1, -0.05) is 23.2 Å². The fourth-order valence-electron chi connectivity index (χ4n) is 4.96. The van der Waals surface area contributed by atoms with Gasteiger partial charge in [-0.25, -0.2) is 9.97 Å². The lowest BCUT2D eigenvalue weighted by Gasteiger charge is -2.24. The largest absolute Gasteiger partial charge is 0.495 e. The number of methoxy groups -OCH3 is 3. The van der Waals surface area contributed by atoms with E-state index in [4.69, 9.17) is 47.1 Å². The maximum absolute atomic E-state index is 6.76. The third kappa shape index (κ3) is 5.85. The van der Waals surface area contributed by atoms with Crippen LogP contribution in [0.1, 0.15) is 13.3 Å². The summed E-state index contributed by atoms with van der Waals surface area (Å²) in [7, 11) is 4.79. The van der Waals surface area contributed by atoms with Crippen LogP contribution >= 0.6 is 23.2 Å². The van der Waals surface area contributed by atoms with Gasteiger partial charge in [0.2, 0.25) is 0 Å². The molecule has 0 spiro atoms. The highest BCUT2D eigenvalue weighted by molar-refractivity contribution is 6.41. The van der Waals surface area contributed by atoms with E-state index in [1.807, 2.05) is 24.5 Å². The predicted molar refractivity (Wildman–Crippen MR) is 159 cm³/mol. The van der Waals surface area contributed by atoms with E-state index >= 15 is 0 Å². The summed E-state index contributed by atoms with van der Waals surface area (Å²) in [5.41, 5.74) is 1.10. The molecule has 1 aromatic carbocycles. The first kappa shape index (κ1) is 28.5. The Kier molecular flexibility index (Phi) is 9.00. The van der Waals surface area contributed by atoms with Crippen LogP contribution in [-0.2, 0) is 9.47 Å². The van der Waals surface area contributed by atoms with Crippen LogP contribution in [0.5, 0.6) is 11.5 Å². The highest BCUT2D eigenvalue weighted by Gasteiger charge is 2.27. The third-order valence-electron chi connectivity index (χ3n) is 7.35. The van der Waals surface area contributed by atoms with Gasteiger partial charge >= 0.3 is 0 Å². The van der Waals surface area contributed by atoms with Gasteiger partial charge in [-0.2, -0.15) is 5.10 Å². The molecule has 0 saturated carbocycles. The number of ether oxygens (including phenoxy) is 4. The SMILES string of the molecule is COCCN1N=CC(CNc2nc(-c3c(Cl)c(OC)cc(OC)c3Cl)cc3cnc(NC4CCOC4)cc23)C1C. The van der Waals surface area contributed by atoms with Crippen molar-refractivity contribution < 1.29 is 18.9 Å². The number of fused-ring (bicyclic) bond motifs is 1. The van der Waals surface area contributed by atoms with Crippen molar-refractivity contribution in [3.05, 3.63) is 34.4 Å². The van der Waals surface area contributed by atoms with Crippen LogP contribution in [0.25, 0.3) is 22.0 Å². The molecule has 3 atom stereocenters. The van der Waals surface area contributed by atoms with Crippen LogP contribution in [0.4, 0.5) is 11.6 Å². The van der Waals surface area contributed by atoms with Crippen molar-refractivity contribution >= 4 is 51.8 Å². The van der Waals surface area contributed by atoms with Gasteiger partial charge in [-0.3, -0.25) is 5.01 Å². The van der Waals surface area contributed by atoms with Gasteiger partial charge in [-0.15, -0.1) is 0 Å². The summed E-state index contributed by atoms with van der Waals surface area (Å²) < 4.78 is 21.7. The smallest absolute Gasteiger partial charge is 0.141 e.